The van der Waals surface area contributed by atoms with E-state index >= 15 is 0 Å². The fourth-order valence-electron chi connectivity index (χ4n) is 3.08. The lowest BCUT2D eigenvalue weighted by molar-refractivity contribution is 0.105. The lowest BCUT2D eigenvalue weighted by atomic mass is 10.1. The minimum Gasteiger partial charge on any atom is -0.489 e. The van der Waals surface area contributed by atoms with Gasteiger partial charge in [-0.1, -0.05) is 18.2 Å². The maximum atomic E-state index is 11.4. The number of aromatic nitrogens is 2. The molecule has 0 saturated heterocycles. The summed E-state index contributed by atoms with van der Waals surface area (Å²) in [7, 11) is -3.20. The molecular formula is C21H28N3O6P. The molecule has 0 bridgehead atoms. The third kappa shape index (κ3) is 7.25. The molecule has 5 N–H and O–H groups in total. The lowest BCUT2D eigenvalue weighted by Gasteiger charge is -2.18. The number of imidazole rings is 1. The molecule has 1 aromatic heterocycles. The summed E-state index contributed by atoms with van der Waals surface area (Å²) in [6.45, 7) is 3.71. The van der Waals surface area contributed by atoms with E-state index in [2.05, 4.69) is 15.3 Å². The van der Waals surface area contributed by atoms with Crippen molar-refractivity contribution in [3.8, 4) is 11.5 Å². The number of benzene rings is 2. The van der Waals surface area contributed by atoms with Crippen LogP contribution in [0.2, 0.25) is 0 Å². The average Bonchev–Trinajstić information content (AvgIpc) is 3.10. The van der Waals surface area contributed by atoms with Crippen molar-refractivity contribution in [3.63, 3.8) is 0 Å². The van der Waals surface area contributed by atoms with E-state index in [4.69, 9.17) is 9.47 Å². The van der Waals surface area contributed by atoms with Crippen LogP contribution in [0.3, 0.4) is 0 Å². The Hall–Kier alpha value is -2.58. The first-order chi connectivity index (χ1) is 14.7. The molecule has 31 heavy (non-hydrogen) atoms. The van der Waals surface area contributed by atoms with E-state index in [1.807, 2.05) is 19.1 Å². The SMILES string of the molecule is CC(Cc1ccc(OCP(C)(=O)O)cc1)NCC(O)COc1cccc2[nH]c(=O)[nH]c12. The molecule has 1 heterocycles. The molecule has 3 rings (SSSR count). The van der Waals surface area contributed by atoms with Gasteiger partial charge in [0.15, 0.2) is 6.35 Å². The van der Waals surface area contributed by atoms with Crippen LogP contribution in [0.5, 0.6) is 11.5 Å². The number of hydrogen-bond acceptors (Lipinski definition) is 6. The van der Waals surface area contributed by atoms with E-state index in [0.717, 1.165) is 12.0 Å². The number of aromatic amines is 2. The Labute approximate surface area is 179 Å². The van der Waals surface area contributed by atoms with Gasteiger partial charge in [0.2, 0.25) is 7.37 Å². The van der Waals surface area contributed by atoms with Crippen LogP contribution in [0, 0.1) is 0 Å². The summed E-state index contributed by atoms with van der Waals surface area (Å²) < 4.78 is 22.3. The molecular weight excluding hydrogens is 421 g/mol. The van der Waals surface area contributed by atoms with Crippen LogP contribution >= 0.6 is 7.37 Å². The van der Waals surface area contributed by atoms with Crippen molar-refractivity contribution < 1.29 is 24.0 Å². The Balaban J connectivity index is 1.42. The fourth-order valence-corrected chi connectivity index (χ4v) is 3.46. The Morgan fingerprint density at radius 3 is 2.58 bits per heavy atom. The lowest BCUT2D eigenvalue weighted by Crippen LogP contribution is -2.37. The number of H-pyrrole nitrogens is 2. The first kappa shape index (κ1) is 23.1. The van der Waals surface area contributed by atoms with Gasteiger partial charge in [0, 0.05) is 19.3 Å². The molecule has 9 nitrogen and oxygen atoms in total. The number of fused-ring (bicyclic) bond motifs is 1. The number of aliphatic hydroxyl groups excluding tert-OH is 1. The molecule has 168 valence electrons. The molecule has 0 saturated carbocycles. The van der Waals surface area contributed by atoms with Crippen LogP contribution in [-0.4, -0.2) is 58.3 Å². The van der Waals surface area contributed by atoms with Crippen molar-refractivity contribution in [1.29, 1.82) is 0 Å². The van der Waals surface area contributed by atoms with Gasteiger partial charge in [-0.3, -0.25) is 4.57 Å². The Morgan fingerprint density at radius 1 is 1.13 bits per heavy atom. The van der Waals surface area contributed by atoms with Crippen LogP contribution in [0.15, 0.2) is 47.3 Å². The van der Waals surface area contributed by atoms with Crippen LogP contribution < -0.4 is 20.5 Å². The predicted octanol–water partition coefficient (Wildman–Crippen LogP) is 2.05. The van der Waals surface area contributed by atoms with E-state index in [-0.39, 0.29) is 24.7 Å². The maximum Gasteiger partial charge on any atom is 0.323 e. The Morgan fingerprint density at radius 2 is 1.87 bits per heavy atom. The average molecular weight is 449 g/mol. The quantitative estimate of drug-likeness (QED) is 0.283. The molecule has 0 aliphatic heterocycles. The highest BCUT2D eigenvalue weighted by atomic mass is 31.2. The van der Waals surface area contributed by atoms with Crippen molar-refractivity contribution in [2.45, 2.75) is 25.5 Å². The van der Waals surface area contributed by atoms with Gasteiger partial charge in [0.05, 0.1) is 5.52 Å². The zero-order valence-electron chi connectivity index (χ0n) is 17.5. The monoisotopic (exact) mass is 449 g/mol. The zero-order chi connectivity index (χ0) is 22.4. The van der Waals surface area contributed by atoms with Crippen LogP contribution in [0.25, 0.3) is 11.0 Å². The highest BCUT2D eigenvalue weighted by molar-refractivity contribution is 7.56. The summed E-state index contributed by atoms with van der Waals surface area (Å²) in [5, 5.41) is 13.5. The van der Waals surface area contributed by atoms with Gasteiger partial charge >= 0.3 is 5.69 Å². The second-order valence-corrected chi connectivity index (χ2v) is 10.1. The smallest absolute Gasteiger partial charge is 0.323 e. The summed E-state index contributed by atoms with van der Waals surface area (Å²) in [4.78, 5) is 26.1. The van der Waals surface area contributed by atoms with Gasteiger partial charge in [0.1, 0.15) is 29.7 Å². The van der Waals surface area contributed by atoms with Gasteiger partial charge in [-0.05, 0) is 43.2 Å². The predicted molar refractivity (Wildman–Crippen MR) is 119 cm³/mol. The van der Waals surface area contributed by atoms with Gasteiger partial charge in [-0.25, -0.2) is 4.79 Å². The summed E-state index contributed by atoms with van der Waals surface area (Å²) >= 11 is 0. The fraction of sp³-hybridized carbons (Fsp3) is 0.381. The van der Waals surface area contributed by atoms with Crippen molar-refractivity contribution in [2.24, 2.45) is 0 Å². The largest absolute Gasteiger partial charge is 0.489 e. The molecule has 3 aromatic rings. The van der Waals surface area contributed by atoms with Crippen molar-refractivity contribution >= 4 is 18.4 Å². The number of nitrogens with one attached hydrogen (secondary N) is 3. The highest BCUT2D eigenvalue weighted by Gasteiger charge is 2.12. The van der Waals surface area contributed by atoms with Crippen molar-refractivity contribution in [2.75, 3.05) is 26.2 Å². The molecule has 2 aromatic carbocycles. The molecule has 0 fully saturated rings. The van der Waals surface area contributed by atoms with Crippen molar-refractivity contribution in [1.82, 2.24) is 15.3 Å². The second-order valence-electron chi connectivity index (χ2n) is 7.70. The molecule has 0 spiro atoms. The summed E-state index contributed by atoms with van der Waals surface area (Å²) in [5.41, 5.74) is 2.00. The molecule has 10 heteroatoms. The molecule has 0 aliphatic carbocycles. The molecule has 0 radical (unpaired) electrons. The highest BCUT2D eigenvalue weighted by Crippen LogP contribution is 2.35. The Bertz CT molecular complexity index is 1090. The number of rotatable bonds is 11. The van der Waals surface area contributed by atoms with Gasteiger partial charge in [-0.15, -0.1) is 0 Å². The van der Waals surface area contributed by atoms with E-state index < -0.39 is 13.5 Å². The minimum absolute atomic E-state index is 0.0875. The number of hydrogen-bond donors (Lipinski definition) is 5. The summed E-state index contributed by atoms with van der Waals surface area (Å²) in [6, 6.07) is 12.7. The first-order valence-electron chi connectivity index (χ1n) is 9.96. The number of ether oxygens (including phenoxy) is 2. The van der Waals surface area contributed by atoms with Gasteiger partial charge < -0.3 is 34.8 Å². The van der Waals surface area contributed by atoms with Gasteiger partial charge in [-0.2, -0.15) is 0 Å². The van der Waals surface area contributed by atoms with E-state index in [0.29, 0.717) is 29.1 Å². The van der Waals surface area contributed by atoms with Gasteiger partial charge in [0.25, 0.3) is 0 Å². The third-order valence-electron chi connectivity index (χ3n) is 4.58. The topological polar surface area (TPSA) is 137 Å². The molecule has 0 amide bonds. The molecule has 3 unspecified atom stereocenters. The van der Waals surface area contributed by atoms with Crippen molar-refractivity contribution in [3.05, 3.63) is 58.5 Å². The van der Waals surface area contributed by atoms with Crippen LogP contribution in [0.4, 0.5) is 0 Å². The van der Waals surface area contributed by atoms with Crippen LogP contribution in [-0.2, 0) is 11.0 Å². The minimum atomic E-state index is -3.20. The summed E-state index contributed by atoms with van der Waals surface area (Å²) in [6.07, 6.45) is -0.189. The third-order valence-corrected chi connectivity index (χ3v) is 5.19. The Kier molecular flexibility index (Phi) is 7.56. The first-order valence-corrected chi connectivity index (χ1v) is 12.2. The maximum absolute atomic E-state index is 11.4. The standard InChI is InChI=1S/C21H28N3O6P/c1-14(10-15-6-8-17(9-7-15)30-13-31(2,27)28)22-11-16(25)12-29-19-5-3-4-18-20(19)24-21(26)23-18/h3-9,14,16,22,25H,10-13H2,1-2H3,(H,27,28)(H2,23,24,26). The zero-order valence-corrected chi connectivity index (χ0v) is 18.4. The normalized spacial score (nSPS) is 15.4. The summed E-state index contributed by atoms with van der Waals surface area (Å²) in [5.74, 6) is 1.05. The van der Waals surface area contributed by atoms with E-state index in [9.17, 15) is 19.4 Å². The number of aliphatic hydroxyl groups is 1. The number of para-hydroxylation sites is 1. The molecule has 3 atom stereocenters. The van der Waals surface area contributed by atoms with Crippen LogP contribution in [0.1, 0.15) is 12.5 Å². The molecule has 0 aliphatic rings. The van der Waals surface area contributed by atoms with E-state index in [1.165, 1.54) is 6.66 Å². The van der Waals surface area contributed by atoms with E-state index in [1.54, 1.807) is 30.3 Å². The second kappa shape index (κ2) is 10.2.